The molecule has 0 heterocycles. The van der Waals surface area contributed by atoms with E-state index in [2.05, 4.69) is 64.7 Å². The van der Waals surface area contributed by atoms with Crippen molar-refractivity contribution in [2.75, 3.05) is 33.7 Å². The highest BCUT2D eigenvalue weighted by Gasteiger charge is 2.22. The van der Waals surface area contributed by atoms with E-state index in [-0.39, 0.29) is 5.41 Å². The van der Waals surface area contributed by atoms with E-state index >= 15 is 0 Å². The number of rotatable bonds is 23. The van der Waals surface area contributed by atoms with Crippen LogP contribution in [0.1, 0.15) is 130 Å². The second-order valence-electron chi connectivity index (χ2n) is 11.6. The molecule has 0 atom stereocenters. The van der Waals surface area contributed by atoms with Crippen molar-refractivity contribution in [2.24, 2.45) is 5.41 Å². The van der Waals surface area contributed by atoms with E-state index in [1.807, 2.05) is 0 Å². The molecule has 0 saturated carbocycles. The maximum absolute atomic E-state index is 13.1. The molecule has 200 valence electrons. The van der Waals surface area contributed by atoms with Gasteiger partial charge >= 0.3 is 0 Å². The van der Waals surface area contributed by atoms with Crippen molar-refractivity contribution in [3.63, 3.8) is 0 Å². The average Bonchev–Trinajstić information content (AvgIpc) is 2.79. The first-order valence-corrected chi connectivity index (χ1v) is 14.4. The molecule has 0 radical (unpaired) electrons. The van der Waals surface area contributed by atoms with E-state index in [0.717, 1.165) is 58.2 Å². The van der Waals surface area contributed by atoms with Gasteiger partial charge in [-0.05, 0) is 83.8 Å². The molecule has 0 aromatic rings. The first kappa shape index (κ1) is 32.9. The number of carbonyl (C=O) groups excluding carboxylic acids is 1. The lowest BCUT2D eigenvalue weighted by molar-refractivity contribution is -0.131. The number of unbranched alkanes of at least 4 members (excludes halogenated alkanes) is 6. The predicted molar refractivity (Wildman–Crippen MR) is 152 cm³/mol. The fourth-order valence-electron chi connectivity index (χ4n) is 4.31. The van der Waals surface area contributed by atoms with Crippen LogP contribution in [0.15, 0.2) is 24.3 Å². The summed E-state index contributed by atoms with van der Waals surface area (Å²) >= 11 is 0. The lowest BCUT2D eigenvalue weighted by Gasteiger charge is -2.28. The maximum atomic E-state index is 13.1. The molecule has 34 heavy (non-hydrogen) atoms. The van der Waals surface area contributed by atoms with Gasteiger partial charge in [-0.2, -0.15) is 0 Å². The molecule has 0 aromatic heterocycles. The minimum atomic E-state index is 0.180. The third-order valence-electron chi connectivity index (χ3n) is 7.06. The molecule has 0 aromatic carbocycles. The topological polar surface area (TPSA) is 23.6 Å². The van der Waals surface area contributed by atoms with Crippen LogP contribution in [0.5, 0.6) is 0 Å². The quantitative estimate of drug-likeness (QED) is 0.109. The molecule has 0 rings (SSSR count). The van der Waals surface area contributed by atoms with E-state index < -0.39 is 0 Å². The van der Waals surface area contributed by atoms with E-state index in [1.54, 1.807) is 0 Å². The Morgan fingerprint density at radius 2 is 1.21 bits per heavy atom. The summed E-state index contributed by atoms with van der Waals surface area (Å²) in [4.78, 5) is 17.4. The third-order valence-corrected chi connectivity index (χ3v) is 7.06. The smallest absolute Gasteiger partial charge is 0.222 e. The fraction of sp³-hybridized carbons (Fsp3) is 0.839. The first-order valence-electron chi connectivity index (χ1n) is 14.4. The zero-order valence-corrected chi connectivity index (χ0v) is 24.2. The van der Waals surface area contributed by atoms with Gasteiger partial charge in [-0.1, -0.05) is 90.5 Å². The average molecular weight is 477 g/mol. The Morgan fingerprint density at radius 3 is 1.85 bits per heavy atom. The predicted octanol–water partition coefficient (Wildman–Crippen LogP) is 8.80. The van der Waals surface area contributed by atoms with Crippen LogP contribution in [-0.4, -0.2) is 49.4 Å². The molecular weight excluding hydrogens is 416 g/mol. The fourth-order valence-corrected chi connectivity index (χ4v) is 4.31. The summed E-state index contributed by atoms with van der Waals surface area (Å²) in [7, 11) is 4.20. The van der Waals surface area contributed by atoms with Crippen LogP contribution in [-0.2, 0) is 4.79 Å². The van der Waals surface area contributed by atoms with E-state index in [4.69, 9.17) is 0 Å². The summed E-state index contributed by atoms with van der Waals surface area (Å²) in [5.74, 6) is 0.320. The van der Waals surface area contributed by atoms with Gasteiger partial charge in [0.25, 0.3) is 0 Å². The Kier molecular flexibility index (Phi) is 19.5. The molecule has 1 amide bonds. The SMILES string of the molecule is C=C(CCCC)CCN(CCCN(C)C)C(=O)CCC(C)(C)CCC(=C)CCCCCCCC. The number of hydrogen-bond acceptors (Lipinski definition) is 2. The normalized spacial score (nSPS) is 11.7. The Balaban J connectivity index is 4.46. The molecular formula is C31H60N2O. The van der Waals surface area contributed by atoms with Crippen molar-refractivity contribution in [3.8, 4) is 0 Å². The van der Waals surface area contributed by atoms with Crippen LogP contribution in [0.2, 0.25) is 0 Å². The highest BCUT2D eigenvalue weighted by atomic mass is 16.2. The van der Waals surface area contributed by atoms with Gasteiger partial charge in [-0.25, -0.2) is 0 Å². The number of allylic oxidation sites excluding steroid dienone is 1. The molecule has 0 spiro atoms. The molecule has 0 bridgehead atoms. The lowest BCUT2D eigenvalue weighted by Crippen LogP contribution is -2.35. The van der Waals surface area contributed by atoms with Gasteiger partial charge in [0, 0.05) is 19.5 Å². The summed E-state index contributed by atoms with van der Waals surface area (Å²) in [6.07, 6.45) is 18.5. The molecule has 0 aliphatic heterocycles. The Morgan fingerprint density at radius 1 is 0.647 bits per heavy atom. The summed E-state index contributed by atoms with van der Waals surface area (Å²) in [6.45, 7) is 20.4. The number of hydrogen-bond donors (Lipinski definition) is 0. The number of nitrogens with zero attached hydrogens (tertiary/aromatic N) is 2. The van der Waals surface area contributed by atoms with Crippen LogP contribution in [0.3, 0.4) is 0 Å². The van der Waals surface area contributed by atoms with Crippen molar-refractivity contribution < 1.29 is 4.79 Å². The van der Waals surface area contributed by atoms with Crippen LogP contribution >= 0.6 is 0 Å². The summed E-state index contributed by atoms with van der Waals surface area (Å²) < 4.78 is 0. The Bertz CT molecular complexity index is 550. The standard InChI is InChI=1S/C31H60N2O/c1-9-11-13-14-15-16-19-28(3)20-23-31(5,6)24-21-30(34)33(26-17-25-32(7)8)27-22-29(4)18-12-10-2/h3-4,9-27H2,1-2,5-8H3. The van der Waals surface area contributed by atoms with Gasteiger partial charge < -0.3 is 9.80 Å². The highest BCUT2D eigenvalue weighted by Crippen LogP contribution is 2.31. The maximum Gasteiger partial charge on any atom is 0.222 e. The monoisotopic (exact) mass is 476 g/mol. The van der Waals surface area contributed by atoms with Crippen molar-refractivity contribution in [1.29, 1.82) is 0 Å². The molecule has 0 saturated heterocycles. The second-order valence-corrected chi connectivity index (χ2v) is 11.6. The second kappa shape index (κ2) is 20.1. The zero-order valence-electron chi connectivity index (χ0n) is 24.2. The van der Waals surface area contributed by atoms with Crippen molar-refractivity contribution in [1.82, 2.24) is 9.80 Å². The third kappa shape index (κ3) is 19.2. The summed E-state index contributed by atoms with van der Waals surface area (Å²) in [5.41, 5.74) is 2.86. The molecule has 0 N–H and O–H groups in total. The van der Waals surface area contributed by atoms with E-state index in [9.17, 15) is 4.79 Å². The van der Waals surface area contributed by atoms with Crippen LogP contribution in [0, 0.1) is 5.41 Å². The molecule has 0 aliphatic carbocycles. The molecule has 0 aliphatic rings. The number of carbonyl (C=O) groups is 1. The largest absolute Gasteiger partial charge is 0.342 e. The Labute approximate surface area is 214 Å². The molecule has 0 fully saturated rings. The van der Waals surface area contributed by atoms with E-state index in [0.29, 0.717) is 12.3 Å². The van der Waals surface area contributed by atoms with Gasteiger partial charge in [-0.15, -0.1) is 0 Å². The van der Waals surface area contributed by atoms with Crippen LogP contribution < -0.4 is 0 Å². The molecule has 0 unspecified atom stereocenters. The van der Waals surface area contributed by atoms with E-state index in [1.165, 1.54) is 68.9 Å². The Hall–Kier alpha value is -1.09. The summed E-state index contributed by atoms with van der Waals surface area (Å²) in [6, 6.07) is 0. The molecule has 3 nitrogen and oxygen atoms in total. The van der Waals surface area contributed by atoms with Gasteiger partial charge in [0.15, 0.2) is 0 Å². The van der Waals surface area contributed by atoms with Crippen LogP contribution in [0.4, 0.5) is 0 Å². The number of amides is 1. The van der Waals surface area contributed by atoms with Crippen LogP contribution in [0.25, 0.3) is 0 Å². The highest BCUT2D eigenvalue weighted by molar-refractivity contribution is 5.76. The zero-order chi connectivity index (χ0) is 25.8. The van der Waals surface area contributed by atoms with Crippen molar-refractivity contribution in [2.45, 2.75) is 130 Å². The summed E-state index contributed by atoms with van der Waals surface area (Å²) in [5, 5.41) is 0. The van der Waals surface area contributed by atoms with Gasteiger partial charge in [-0.3, -0.25) is 4.79 Å². The van der Waals surface area contributed by atoms with Crippen molar-refractivity contribution >= 4 is 5.91 Å². The lowest BCUT2D eigenvalue weighted by atomic mass is 9.81. The first-order chi connectivity index (χ1) is 16.1. The van der Waals surface area contributed by atoms with Crippen molar-refractivity contribution in [3.05, 3.63) is 24.3 Å². The van der Waals surface area contributed by atoms with Gasteiger partial charge in [0.05, 0.1) is 0 Å². The minimum absolute atomic E-state index is 0.180. The minimum Gasteiger partial charge on any atom is -0.342 e. The van der Waals surface area contributed by atoms with Gasteiger partial charge in [0.2, 0.25) is 5.91 Å². The molecule has 3 heteroatoms. The van der Waals surface area contributed by atoms with Gasteiger partial charge in [0.1, 0.15) is 0 Å².